The zero-order valence-electron chi connectivity index (χ0n) is 14.2. The van der Waals surface area contributed by atoms with Crippen LogP contribution in [0.2, 0.25) is 0 Å². The standard InChI is InChI=1S/C18H20N4O4/c23-15-5-3-4-13(8-15)17(24)20-10-14-9-19-12-21(14)16(11-20)18(25)22-6-1-2-7-26-22/h3-5,8-9,12,16,23H,1-2,6-7,10-11H2. The molecule has 0 bridgehead atoms. The number of aromatic hydroxyl groups is 1. The van der Waals surface area contributed by atoms with Crippen molar-refractivity contribution in [2.45, 2.75) is 25.4 Å². The first-order valence-electron chi connectivity index (χ1n) is 8.67. The molecule has 2 aromatic rings. The summed E-state index contributed by atoms with van der Waals surface area (Å²) in [5.74, 6) is -0.365. The lowest BCUT2D eigenvalue weighted by molar-refractivity contribution is -0.201. The zero-order valence-corrected chi connectivity index (χ0v) is 14.2. The molecule has 0 saturated carbocycles. The number of phenols is 1. The van der Waals surface area contributed by atoms with Gasteiger partial charge in [0, 0.05) is 18.3 Å². The van der Waals surface area contributed by atoms with Crippen molar-refractivity contribution in [1.29, 1.82) is 0 Å². The lowest BCUT2D eigenvalue weighted by atomic mass is 10.1. The summed E-state index contributed by atoms with van der Waals surface area (Å²) in [6.45, 7) is 1.68. The Morgan fingerprint density at radius 2 is 2.15 bits per heavy atom. The number of benzene rings is 1. The number of carbonyl (C=O) groups excluding carboxylic acids is 2. The van der Waals surface area contributed by atoms with Gasteiger partial charge in [-0.3, -0.25) is 14.4 Å². The molecule has 1 atom stereocenters. The quantitative estimate of drug-likeness (QED) is 0.877. The van der Waals surface area contributed by atoms with Crippen LogP contribution < -0.4 is 0 Å². The molecule has 1 fully saturated rings. The van der Waals surface area contributed by atoms with E-state index in [4.69, 9.17) is 4.84 Å². The highest BCUT2D eigenvalue weighted by atomic mass is 16.7. The number of aromatic nitrogens is 2. The van der Waals surface area contributed by atoms with Gasteiger partial charge in [0.1, 0.15) is 11.8 Å². The van der Waals surface area contributed by atoms with Crippen LogP contribution in [0, 0.1) is 0 Å². The van der Waals surface area contributed by atoms with Gasteiger partial charge in [-0.2, -0.15) is 0 Å². The fourth-order valence-corrected chi connectivity index (χ4v) is 3.40. The van der Waals surface area contributed by atoms with Gasteiger partial charge in [-0.1, -0.05) is 6.07 Å². The van der Waals surface area contributed by atoms with E-state index in [0.717, 1.165) is 18.5 Å². The van der Waals surface area contributed by atoms with Crippen molar-refractivity contribution in [2.24, 2.45) is 0 Å². The average molecular weight is 356 g/mol. The van der Waals surface area contributed by atoms with Gasteiger partial charge in [-0.05, 0) is 31.0 Å². The first-order valence-corrected chi connectivity index (χ1v) is 8.67. The highest BCUT2D eigenvalue weighted by molar-refractivity contribution is 5.95. The van der Waals surface area contributed by atoms with Crippen molar-refractivity contribution in [3.63, 3.8) is 0 Å². The number of carbonyl (C=O) groups is 2. The Morgan fingerprint density at radius 1 is 1.27 bits per heavy atom. The van der Waals surface area contributed by atoms with Gasteiger partial charge < -0.3 is 14.6 Å². The lowest BCUT2D eigenvalue weighted by Gasteiger charge is -2.36. The fraction of sp³-hybridized carbons (Fsp3) is 0.389. The normalized spacial score (nSPS) is 19.9. The molecule has 4 rings (SSSR count). The molecule has 1 aromatic heterocycles. The van der Waals surface area contributed by atoms with Crippen LogP contribution in [0.3, 0.4) is 0 Å². The Hall–Kier alpha value is -2.87. The number of phenolic OH excluding ortho intramolecular Hbond substituents is 1. The zero-order chi connectivity index (χ0) is 18.1. The van der Waals surface area contributed by atoms with Gasteiger partial charge in [0.05, 0.1) is 31.7 Å². The molecule has 2 amide bonds. The summed E-state index contributed by atoms with van der Waals surface area (Å²) in [5.41, 5.74) is 1.18. The fourth-order valence-electron chi connectivity index (χ4n) is 3.40. The smallest absolute Gasteiger partial charge is 0.271 e. The monoisotopic (exact) mass is 356 g/mol. The Bertz CT molecular complexity index is 828. The third-order valence-electron chi connectivity index (χ3n) is 4.74. The molecular formula is C18H20N4O4. The van der Waals surface area contributed by atoms with E-state index in [0.29, 0.717) is 25.3 Å². The molecule has 8 heteroatoms. The van der Waals surface area contributed by atoms with Gasteiger partial charge in [0.2, 0.25) is 0 Å². The minimum absolute atomic E-state index is 0.0345. The van der Waals surface area contributed by atoms with Crippen molar-refractivity contribution in [3.05, 3.63) is 48.0 Å². The molecule has 3 heterocycles. The molecular weight excluding hydrogens is 336 g/mol. The second-order valence-corrected chi connectivity index (χ2v) is 6.52. The summed E-state index contributed by atoms with van der Waals surface area (Å²) in [5, 5.41) is 11.0. The van der Waals surface area contributed by atoms with E-state index >= 15 is 0 Å². The van der Waals surface area contributed by atoms with Crippen LogP contribution in [-0.4, -0.2) is 56.1 Å². The lowest BCUT2D eigenvalue weighted by Crippen LogP contribution is -2.48. The molecule has 0 spiro atoms. The third kappa shape index (κ3) is 3.03. The molecule has 2 aliphatic rings. The van der Waals surface area contributed by atoms with Gasteiger partial charge in [0.25, 0.3) is 11.8 Å². The summed E-state index contributed by atoms with van der Waals surface area (Å²) < 4.78 is 1.81. The van der Waals surface area contributed by atoms with E-state index in [1.54, 1.807) is 29.6 Å². The minimum Gasteiger partial charge on any atom is -0.508 e. The van der Waals surface area contributed by atoms with Crippen LogP contribution in [0.25, 0.3) is 0 Å². The van der Waals surface area contributed by atoms with Crippen LogP contribution in [-0.2, 0) is 16.2 Å². The second kappa shape index (κ2) is 6.80. The number of hydrogen-bond acceptors (Lipinski definition) is 5. The predicted molar refractivity (Wildman–Crippen MR) is 91.0 cm³/mol. The maximum atomic E-state index is 12.9. The molecule has 1 saturated heterocycles. The SMILES string of the molecule is O=C(c1cccc(O)c1)N1Cc2cncn2C(C(=O)N2CCCCO2)C1. The topological polar surface area (TPSA) is 87.9 Å². The molecule has 0 radical (unpaired) electrons. The van der Waals surface area contributed by atoms with E-state index < -0.39 is 6.04 Å². The summed E-state index contributed by atoms with van der Waals surface area (Å²) in [6.07, 6.45) is 5.13. The van der Waals surface area contributed by atoms with E-state index in [1.165, 1.54) is 17.2 Å². The number of hydroxylamine groups is 2. The number of rotatable bonds is 2. The predicted octanol–water partition coefficient (Wildman–Crippen LogP) is 1.34. The van der Waals surface area contributed by atoms with Crippen LogP contribution in [0.1, 0.15) is 34.9 Å². The maximum absolute atomic E-state index is 12.9. The molecule has 8 nitrogen and oxygen atoms in total. The molecule has 26 heavy (non-hydrogen) atoms. The number of fused-ring (bicyclic) bond motifs is 1. The Morgan fingerprint density at radius 3 is 2.92 bits per heavy atom. The van der Waals surface area contributed by atoms with E-state index in [2.05, 4.69) is 4.98 Å². The number of imidazole rings is 1. The summed E-state index contributed by atoms with van der Waals surface area (Å²) in [4.78, 5) is 37.0. The number of nitrogens with zero attached hydrogens (tertiary/aromatic N) is 4. The third-order valence-corrected chi connectivity index (χ3v) is 4.74. The van der Waals surface area contributed by atoms with Crippen LogP contribution in [0.15, 0.2) is 36.8 Å². The maximum Gasteiger partial charge on any atom is 0.271 e. The molecule has 2 aliphatic heterocycles. The largest absolute Gasteiger partial charge is 0.508 e. The van der Waals surface area contributed by atoms with Crippen molar-refractivity contribution in [2.75, 3.05) is 19.7 Å². The molecule has 1 N–H and O–H groups in total. The molecule has 1 unspecified atom stereocenters. The minimum atomic E-state index is -0.569. The van der Waals surface area contributed by atoms with Crippen molar-refractivity contribution in [3.8, 4) is 5.75 Å². The summed E-state index contributed by atoms with van der Waals surface area (Å²) in [6, 6.07) is 5.65. The van der Waals surface area contributed by atoms with Crippen LogP contribution >= 0.6 is 0 Å². The Kier molecular flexibility index (Phi) is 4.34. The first kappa shape index (κ1) is 16.6. The summed E-state index contributed by atoms with van der Waals surface area (Å²) >= 11 is 0. The van der Waals surface area contributed by atoms with E-state index in [-0.39, 0.29) is 24.1 Å². The van der Waals surface area contributed by atoms with Crippen LogP contribution in [0.4, 0.5) is 0 Å². The van der Waals surface area contributed by atoms with Crippen molar-refractivity contribution in [1.82, 2.24) is 19.5 Å². The Balaban J connectivity index is 1.59. The average Bonchev–Trinajstić information content (AvgIpc) is 3.15. The van der Waals surface area contributed by atoms with Crippen molar-refractivity contribution >= 4 is 11.8 Å². The summed E-state index contributed by atoms with van der Waals surface area (Å²) in [7, 11) is 0. The van der Waals surface area contributed by atoms with E-state index in [9.17, 15) is 14.7 Å². The van der Waals surface area contributed by atoms with E-state index in [1.807, 2.05) is 4.57 Å². The first-order chi connectivity index (χ1) is 12.6. The highest BCUT2D eigenvalue weighted by Gasteiger charge is 2.36. The van der Waals surface area contributed by atoms with Gasteiger partial charge >= 0.3 is 0 Å². The second-order valence-electron chi connectivity index (χ2n) is 6.52. The van der Waals surface area contributed by atoms with Crippen LogP contribution in [0.5, 0.6) is 5.75 Å². The van der Waals surface area contributed by atoms with Gasteiger partial charge in [-0.15, -0.1) is 0 Å². The molecule has 136 valence electrons. The number of amides is 2. The Labute approximate surface area is 150 Å². The van der Waals surface area contributed by atoms with Gasteiger partial charge in [0.15, 0.2) is 0 Å². The van der Waals surface area contributed by atoms with Gasteiger partial charge in [-0.25, -0.2) is 10.0 Å². The van der Waals surface area contributed by atoms with Crippen molar-refractivity contribution < 1.29 is 19.5 Å². The number of hydrogen-bond donors (Lipinski definition) is 1. The highest BCUT2D eigenvalue weighted by Crippen LogP contribution is 2.26. The molecule has 1 aromatic carbocycles. The molecule has 0 aliphatic carbocycles.